The van der Waals surface area contributed by atoms with E-state index in [1.54, 1.807) is 42.5 Å². The zero-order chi connectivity index (χ0) is 17.1. The van der Waals surface area contributed by atoms with Crippen LogP contribution in [0.25, 0.3) is 0 Å². The summed E-state index contributed by atoms with van der Waals surface area (Å²) in [6.07, 6.45) is 0. The fourth-order valence-corrected chi connectivity index (χ4v) is 3.02. The summed E-state index contributed by atoms with van der Waals surface area (Å²) in [6, 6.07) is 14.7. The highest BCUT2D eigenvalue weighted by atomic mass is 35.5. The normalized spacial score (nSPS) is 17.1. The van der Waals surface area contributed by atoms with E-state index in [0.29, 0.717) is 34.8 Å². The van der Waals surface area contributed by atoms with Crippen LogP contribution in [0.3, 0.4) is 0 Å². The van der Waals surface area contributed by atoms with Crippen LogP contribution in [-0.2, 0) is 4.79 Å². The van der Waals surface area contributed by atoms with Crippen LogP contribution in [0.5, 0.6) is 0 Å². The Bertz CT molecular complexity index is 844. The van der Waals surface area contributed by atoms with Crippen molar-refractivity contribution in [2.24, 2.45) is 0 Å². The lowest BCUT2D eigenvalue weighted by Gasteiger charge is -2.35. The lowest BCUT2D eigenvalue weighted by molar-refractivity contribution is -0.128. The fraction of sp³-hybridized carbons (Fsp3) is 0.167. The predicted molar refractivity (Wildman–Crippen MR) is 89.4 cm³/mol. The fourth-order valence-electron chi connectivity index (χ4n) is 2.78. The Morgan fingerprint density at radius 2 is 2.04 bits per heavy atom. The quantitative estimate of drug-likeness (QED) is 0.913. The van der Waals surface area contributed by atoms with Crippen LogP contribution in [0.1, 0.15) is 27.5 Å². The molecule has 0 saturated carbocycles. The third kappa shape index (κ3) is 2.97. The molecular formula is C18H14ClN3O2. The van der Waals surface area contributed by atoms with Crippen LogP contribution < -0.4 is 5.32 Å². The maximum Gasteiger partial charge on any atom is 0.254 e. The molecule has 1 heterocycles. The number of hydrogen-bond acceptors (Lipinski definition) is 3. The molecule has 2 aromatic carbocycles. The summed E-state index contributed by atoms with van der Waals surface area (Å²) in [4.78, 5) is 26.8. The first kappa shape index (κ1) is 16.0. The van der Waals surface area contributed by atoms with Gasteiger partial charge in [-0.3, -0.25) is 9.59 Å². The molecule has 0 unspecified atom stereocenters. The number of hydrogen-bond donors (Lipinski definition) is 1. The van der Waals surface area contributed by atoms with Crippen molar-refractivity contribution < 1.29 is 9.59 Å². The van der Waals surface area contributed by atoms with Crippen molar-refractivity contribution >= 4 is 23.4 Å². The Labute approximate surface area is 144 Å². The summed E-state index contributed by atoms with van der Waals surface area (Å²) in [5.74, 6) is -0.564. The van der Waals surface area contributed by atoms with Gasteiger partial charge in [-0.2, -0.15) is 5.26 Å². The average molecular weight is 340 g/mol. The van der Waals surface area contributed by atoms with Crippen LogP contribution in [0.2, 0.25) is 5.02 Å². The van der Waals surface area contributed by atoms with Gasteiger partial charge in [-0.15, -0.1) is 0 Å². The topological polar surface area (TPSA) is 73.2 Å². The predicted octanol–water partition coefficient (Wildman–Crippen LogP) is 2.52. The zero-order valence-electron chi connectivity index (χ0n) is 12.7. The molecule has 2 amide bonds. The Kier molecular flexibility index (Phi) is 4.50. The molecular weight excluding hydrogens is 326 g/mol. The van der Waals surface area contributed by atoms with Gasteiger partial charge in [0.15, 0.2) is 0 Å². The smallest absolute Gasteiger partial charge is 0.254 e. The van der Waals surface area contributed by atoms with E-state index in [2.05, 4.69) is 5.32 Å². The van der Waals surface area contributed by atoms with E-state index in [0.717, 1.165) is 0 Å². The molecule has 120 valence electrons. The molecule has 0 radical (unpaired) electrons. The highest BCUT2D eigenvalue weighted by Crippen LogP contribution is 2.30. The van der Waals surface area contributed by atoms with Crippen molar-refractivity contribution in [2.45, 2.75) is 6.04 Å². The molecule has 3 rings (SSSR count). The molecule has 1 atom stereocenters. The SMILES string of the molecule is N#Cc1cccc(C(=O)N2CCNC(=O)[C@H]2c2ccccc2Cl)c1. The van der Waals surface area contributed by atoms with Crippen LogP contribution in [0, 0.1) is 11.3 Å². The molecule has 5 nitrogen and oxygen atoms in total. The first-order chi connectivity index (χ1) is 11.6. The summed E-state index contributed by atoms with van der Waals surface area (Å²) in [5.41, 5.74) is 1.36. The largest absolute Gasteiger partial charge is 0.352 e. The average Bonchev–Trinajstić information content (AvgIpc) is 2.62. The van der Waals surface area contributed by atoms with Gasteiger partial charge >= 0.3 is 0 Å². The number of amides is 2. The number of carbonyl (C=O) groups excluding carboxylic acids is 2. The third-order valence-electron chi connectivity index (χ3n) is 3.91. The highest BCUT2D eigenvalue weighted by molar-refractivity contribution is 6.31. The Morgan fingerprint density at radius 3 is 2.79 bits per heavy atom. The van der Waals surface area contributed by atoms with Gasteiger partial charge in [-0.25, -0.2) is 0 Å². The maximum atomic E-state index is 12.9. The molecule has 0 spiro atoms. The number of nitrogens with zero attached hydrogens (tertiary/aromatic N) is 2. The summed E-state index contributed by atoms with van der Waals surface area (Å²) in [7, 11) is 0. The minimum atomic E-state index is -0.786. The van der Waals surface area contributed by atoms with E-state index in [4.69, 9.17) is 16.9 Å². The van der Waals surface area contributed by atoms with Crippen molar-refractivity contribution in [1.29, 1.82) is 5.26 Å². The molecule has 6 heteroatoms. The van der Waals surface area contributed by atoms with Gasteiger partial charge in [0.1, 0.15) is 6.04 Å². The first-order valence-corrected chi connectivity index (χ1v) is 7.83. The van der Waals surface area contributed by atoms with Crippen LogP contribution >= 0.6 is 11.6 Å². The summed E-state index contributed by atoms with van der Waals surface area (Å²) >= 11 is 6.23. The van der Waals surface area contributed by atoms with E-state index in [-0.39, 0.29) is 11.8 Å². The third-order valence-corrected chi connectivity index (χ3v) is 4.26. The zero-order valence-corrected chi connectivity index (χ0v) is 13.5. The van der Waals surface area contributed by atoms with Crippen LogP contribution in [0.4, 0.5) is 0 Å². The number of carbonyl (C=O) groups is 2. The molecule has 1 aliphatic heterocycles. The van der Waals surface area contributed by atoms with Gasteiger partial charge in [0.25, 0.3) is 5.91 Å². The monoisotopic (exact) mass is 339 g/mol. The first-order valence-electron chi connectivity index (χ1n) is 7.45. The molecule has 1 fully saturated rings. The lowest BCUT2D eigenvalue weighted by atomic mass is 10.0. The minimum Gasteiger partial charge on any atom is -0.352 e. The van der Waals surface area contributed by atoms with Crippen molar-refractivity contribution in [2.75, 3.05) is 13.1 Å². The second-order valence-electron chi connectivity index (χ2n) is 5.41. The summed E-state index contributed by atoms with van der Waals surface area (Å²) in [6.45, 7) is 0.751. The van der Waals surface area contributed by atoms with Crippen molar-refractivity contribution in [3.05, 3.63) is 70.2 Å². The summed E-state index contributed by atoms with van der Waals surface area (Å²) in [5, 5.41) is 12.2. The van der Waals surface area contributed by atoms with Gasteiger partial charge in [0.2, 0.25) is 5.91 Å². The number of piperazine rings is 1. The van der Waals surface area contributed by atoms with E-state index in [1.165, 1.54) is 11.0 Å². The number of halogens is 1. The number of nitrogens with one attached hydrogen (secondary N) is 1. The minimum absolute atomic E-state index is 0.265. The van der Waals surface area contributed by atoms with Gasteiger partial charge in [0, 0.05) is 29.2 Å². The lowest BCUT2D eigenvalue weighted by Crippen LogP contribution is -2.52. The van der Waals surface area contributed by atoms with Crippen LogP contribution in [-0.4, -0.2) is 29.8 Å². The van der Waals surface area contributed by atoms with E-state index >= 15 is 0 Å². The van der Waals surface area contributed by atoms with Gasteiger partial charge in [0.05, 0.1) is 11.6 Å². The molecule has 1 N–H and O–H groups in total. The molecule has 1 saturated heterocycles. The van der Waals surface area contributed by atoms with Crippen molar-refractivity contribution in [3.63, 3.8) is 0 Å². The Balaban J connectivity index is 2.00. The maximum absolute atomic E-state index is 12.9. The standard InChI is InChI=1S/C18H14ClN3O2/c19-15-7-2-1-6-14(15)16-17(23)21-8-9-22(16)18(24)13-5-3-4-12(10-13)11-20/h1-7,10,16H,8-9H2,(H,21,23)/t16-/m1/s1. The van der Waals surface area contributed by atoms with Gasteiger partial charge < -0.3 is 10.2 Å². The molecule has 0 aromatic heterocycles. The van der Waals surface area contributed by atoms with E-state index in [1.807, 2.05) is 6.07 Å². The Hall–Kier alpha value is -2.84. The Morgan fingerprint density at radius 1 is 1.25 bits per heavy atom. The van der Waals surface area contributed by atoms with Crippen molar-refractivity contribution in [1.82, 2.24) is 10.2 Å². The summed E-state index contributed by atoms with van der Waals surface area (Å²) < 4.78 is 0. The van der Waals surface area contributed by atoms with Crippen LogP contribution in [0.15, 0.2) is 48.5 Å². The van der Waals surface area contributed by atoms with Gasteiger partial charge in [-0.1, -0.05) is 35.9 Å². The second-order valence-corrected chi connectivity index (χ2v) is 5.81. The van der Waals surface area contributed by atoms with Gasteiger partial charge in [-0.05, 0) is 24.3 Å². The number of rotatable bonds is 2. The molecule has 0 aliphatic carbocycles. The number of nitriles is 1. The molecule has 1 aliphatic rings. The molecule has 0 bridgehead atoms. The highest BCUT2D eigenvalue weighted by Gasteiger charge is 2.35. The van der Waals surface area contributed by atoms with Crippen molar-refractivity contribution in [3.8, 4) is 6.07 Å². The van der Waals surface area contributed by atoms with E-state index in [9.17, 15) is 9.59 Å². The molecule has 24 heavy (non-hydrogen) atoms. The second kappa shape index (κ2) is 6.73. The van der Waals surface area contributed by atoms with E-state index < -0.39 is 6.04 Å². The molecule has 2 aromatic rings. The number of benzene rings is 2.